The first-order valence-electron chi connectivity index (χ1n) is 14.4. The average Bonchev–Trinajstić information content (AvgIpc) is 3.51. The summed E-state index contributed by atoms with van der Waals surface area (Å²) >= 11 is 0. The number of fused-ring (bicyclic) bond motifs is 3. The molecule has 2 aliphatic rings. The molecule has 42 heavy (non-hydrogen) atoms. The molecule has 8 heteroatoms. The maximum Gasteiger partial charge on any atom is 0.408 e. The number of carboxylic acid groups (broad SMARTS) is 1. The topological polar surface area (TPSA) is 108 Å². The first-order valence-corrected chi connectivity index (χ1v) is 14.4. The van der Waals surface area contributed by atoms with E-state index in [1.807, 2.05) is 54.6 Å². The molecule has 0 radical (unpaired) electrons. The van der Waals surface area contributed by atoms with Crippen LogP contribution >= 0.6 is 0 Å². The Bertz CT molecular complexity index is 1440. The van der Waals surface area contributed by atoms with Gasteiger partial charge in [0.25, 0.3) is 0 Å². The van der Waals surface area contributed by atoms with Crippen LogP contribution in [0.15, 0.2) is 78.9 Å². The van der Waals surface area contributed by atoms with Crippen LogP contribution in [0.2, 0.25) is 0 Å². The fourth-order valence-corrected chi connectivity index (χ4v) is 5.87. The second-order valence-electron chi connectivity index (χ2n) is 12.5. The molecule has 3 aromatic rings. The number of carboxylic acids is 1. The fraction of sp³-hybridized carbons (Fsp3) is 0.382. The minimum atomic E-state index is -1.29. The Morgan fingerprint density at radius 2 is 1.48 bits per heavy atom. The smallest absolute Gasteiger partial charge is 0.408 e. The van der Waals surface area contributed by atoms with Crippen molar-refractivity contribution in [2.45, 2.75) is 57.7 Å². The van der Waals surface area contributed by atoms with Gasteiger partial charge in [0.1, 0.15) is 12.1 Å². The first-order chi connectivity index (χ1) is 19.9. The molecule has 1 unspecified atom stereocenters. The van der Waals surface area contributed by atoms with Crippen LogP contribution in [0, 0.1) is 5.41 Å². The lowest BCUT2D eigenvalue weighted by atomic mass is 9.74. The van der Waals surface area contributed by atoms with Gasteiger partial charge in [-0.05, 0) is 61.9 Å². The van der Waals surface area contributed by atoms with Crippen LogP contribution in [0.25, 0.3) is 11.1 Å². The quantitative estimate of drug-likeness (QED) is 0.328. The summed E-state index contributed by atoms with van der Waals surface area (Å²) < 4.78 is 5.82. The number of hydrogen-bond donors (Lipinski definition) is 3. The largest absolute Gasteiger partial charge is 0.481 e. The van der Waals surface area contributed by atoms with Crippen molar-refractivity contribution >= 4 is 18.0 Å². The lowest BCUT2D eigenvalue weighted by Gasteiger charge is -2.41. The number of nitrogens with zero attached hydrogens (tertiary/aromatic N) is 1. The van der Waals surface area contributed by atoms with Gasteiger partial charge in [-0.3, -0.25) is 14.5 Å². The number of likely N-dealkylation sites (tertiary alicyclic amines) is 1. The van der Waals surface area contributed by atoms with E-state index in [-0.39, 0.29) is 19.1 Å². The Hall–Kier alpha value is -4.17. The summed E-state index contributed by atoms with van der Waals surface area (Å²) in [6.07, 6.45) is -0.316. The maximum absolute atomic E-state index is 14.0. The van der Waals surface area contributed by atoms with Crippen molar-refractivity contribution < 1.29 is 24.2 Å². The highest BCUT2D eigenvalue weighted by molar-refractivity contribution is 5.92. The Morgan fingerprint density at radius 1 is 0.905 bits per heavy atom. The third-order valence-corrected chi connectivity index (χ3v) is 9.24. The molecule has 1 atom stereocenters. The van der Waals surface area contributed by atoms with E-state index in [0.717, 1.165) is 27.8 Å². The van der Waals surface area contributed by atoms with E-state index >= 15 is 0 Å². The van der Waals surface area contributed by atoms with Gasteiger partial charge in [0, 0.05) is 25.6 Å². The van der Waals surface area contributed by atoms with E-state index in [4.69, 9.17) is 4.74 Å². The second-order valence-corrected chi connectivity index (χ2v) is 12.5. The Labute approximate surface area is 247 Å². The number of alkyl carbamates (subject to hydrolysis) is 1. The van der Waals surface area contributed by atoms with Crippen molar-refractivity contribution in [2.24, 2.45) is 5.41 Å². The molecule has 0 bridgehead atoms. The standard InChI is InChI=1S/C34H39N3O5/c1-32(2,30(39)40)33(3,4)35-29(38)34(18-19-37(22-34)20-23-12-6-5-7-13-23)36-31(41)42-21-28-26-16-10-8-14-24(26)25-15-9-11-17-27(25)28/h5-17,28H,18-22H2,1-4H3,(H,35,38)(H,36,41)(H,39,40). The highest BCUT2D eigenvalue weighted by Gasteiger charge is 2.51. The summed E-state index contributed by atoms with van der Waals surface area (Å²) in [6.45, 7) is 8.13. The summed E-state index contributed by atoms with van der Waals surface area (Å²) in [5.41, 5.74) is 1.93. The molecule has 8 nitrogen and oxygen atoms in total. The average molecular weight is 570 g/mol. The predicted octanol–water partition coefficient (Wildman–Crippen LogP) is 5.18. The number of benzene rings is 3. The summed E-state index contributed by atoms with van der Waals surface area (Å²) in [4.78, 5) is 41.5. The summed E-state index contributed by atoms with van der Waals surface area (Å²) in [5.74, 6) is -1.56. The van der Waals surface area contributed by atoms with Crippen LogP contribution in [-0.4, -0.2) is 58.8 Å². The van der Waals surface area contributed by atoms with Crippen LogP contribution in [0.5, 0.6) is 0 Å². The number of nitrogens with one attached hydrogen (secondary N) is 2. The third kappa shape index (κ3) is 5.51. The van der Waals surface area contributed by atoms with Gasteiger partial charge in [0.05, 0.1) is 11.0 Å². The number of carbonyl (C=O) groups is 3. The Kier molecular flexibility index (Phi) is 7.86. The zero-order valence-corrected chi connectivity index (χ0v) is 24.6. The van der Waals surface area contributed by atoms with Gasteiger partial charge < -0.3 is 20.5 Å². The number of aliphatic carboxylic acids is 1. The molecule has 3 aromatic carbocycles. The highest BCUT2D eigenvalue weighted by Crippen LogP contribution is 2.44. The van der Waals surface area contributed by atoms with E-state index < -0.39 is 34.5 Å². The SMILES string of the molecule is CC(C)(NC(=O)C1(NC(=O)OCC2c3ccccc3-c3ccccc32)CCN(Cc2ccccc2)C1)C(C)(C)C(=O)O. The summed E-state index contributed by atoms with van der Waals surface area (Å²) in [5, 5.41) is 15.7. The summed E-state index contributed by atoms with van der Waals surface area (Å²) in [7, 11) is 0. The molecule has 0 spiro atoms. The minimum absolute atomic E-state index is 0.110. The van der Waals surface area contributed by atoms with Crippen molar-refractivity contribution in [2.75, 3.05) is 19.7 Å². The molecule has 3 N–H and O–H groups in total. The highest BCUT2D eigenvalue weighted by atomic mass is 16.5. The van der Waals surface area contributed by atoms with Crippen molar-refractivity contribution in [3.05, 3.63) is 95.6 Å². The van der Waals surface area contributed by atoms with Gasteiger partial charge in [0.2, 0.25) is 5.91 Å². The minimum Gasteiger partial charge on any atom is -0.481 e. The molecule has 1 fully saturated rings. The second kappa shape index (κ2) is 11.2. The lowest BCUT2D eigenvalue weighted by Crippen LogP contribution is -2.66. The lowest BCUT2D eigenvalue weighted by molar-refractivity contribution is -0.152. The fourth-order valence-electron chi connectivity index (χ4n) is 5.87. The molecule has 1 aliphatic heterocycles. The van der Waals surface area contributed by atoms with E-state index in [9.17, 15) is 19.5 Å². The van der Waals surface area contributed by atoms with Gasteiger partial charge >= 0.3 is 12.1 Å². The molecule has 0 aromatic heterocycles. The molecule has 1 aliphatic carbocycles. The zero-order valence-electron chi connectivity index (χ0n) is 24.6. The predicted molar refractivity (Wildman–Crippen MR) is 161 cm³/mol. The molecule has 2 amide bonds. The third-order valence-electron chi connectivity index (χ3n) is 9.24. The van der Waals surface area contributed by atoms with E-state index in [1.165, 1.54) is 0 Å². The Balaban J connectivity index is 1.34. The van der Waals surface area contributed by atoms with Gasteiger partial charge in [-0.2, -0.15) is 0 Å². The maximum atomic E-state index is 14.0. The van der Waals surface area contributed by atoms with Crippen molar-refractivity contribution in [3.8, 4) is 11.1 Å². The first kappa shape index (κ1) is 29.3. The molecular formula is C34H39N3O5. The van der Waals surface area contributed by atoms with E-state index in [1.54, 1.807) is 27.7 Å². The molecular weight excluding hydrogens is 530 g/mol. The van der Waals surface area contributed by atoms with Gasteiger partial charge in [-0.1, -0.05) is 78.9 Å². The number of hydrogen-bond acceptors (Lipinski definition) is 5. The van der Waals surface area contributed by atoms with E-state index in [2.05, 4.69) is 39.8 Å². The molecule has 220 valence electrons. The van der Waals surface area contributed by atoms with Crippen LogP contribution in [0.1, 0.15) is 56.7 Å². The summed E-state index contributed by atoms with van der Waals surface area (Å²) in [6, 6.07) is 26.2. The van der Waals surface area contributed by atoms with Crippen LogP contribution in [0.3, 0.4) is 0 Å². The molecule has 1 heterocycles. The number of carbonyl (C=O) groups excluding carboxylic acids is 2. The normalized spacial score (nSPS) is 18.7. The van der Waals surface area contributed by atoms with Gasteiger partial charge in [-0.25, -0.2) is 4.79 Å². The van der Waals surface area contributed by atoms with Crippen LogP contribution in [0.4, 0.5) is 4.79 Å². The van der Waals surface area contributed by atoms with Crippen LogP contribution < -0.4 is 10.6 Å². The van der Waals surface area contributed by atoms with E-state index in [0.29, 0.717) is 19.5 Å². The number of ether oxygens (including phenoxy) is 1. The Morgan fingerprint density at radius 3 is 2.07 bits per heavy atom. The van der Waals surface area contributed by atoms with Gasteiger partial charge in [0.15, 0.2) is 0 Å². The molecule has 5 rings (SSSR count). The molecule has 0 saturated carbocycles. The zero-order chi connectivity index (χ0) is 30.1. The van der Waals surface area contributed by atoms with Crippen molar-refractivity contribution in [3.63, 3.8) is 0 Å². The van der Waals surface area contributed by atoms with Gasteiger partial charge in [-0.15, -0.1) is 0 Å². The molecule has 1 saturated heterocycles. The van der Waals surface area contributed by atoms with Crippen molar-refractivity contribution in [1.29, 1.82) is 0 Å². The van der Waals surface area contributed by atoms with Crippen molar-refractivity contribution in [1.82, 2.24) is 15.5 Å². The number of amides is 2. The van der Waals surface area contributed by atoms with Crippen LogP contribution in [-0.2, 0) is 20.9 Å². The monoisotopic (exact) mass is 569 g/mol. The number of rotatable bonds is 9.